The van der Waals surface area contributed by atoms with Crippen LogP contribution in [0.5, 0.6) is 5.75 Å². The van der Waals surface area contributed by atoms with Crippen LogP contribution in [0.15, 0.2) is 60.0 Å². The lowest BCUT2D eigenvalue weighted by molar-refractivity contribution is 0.414. The molecule has 4 nitrogen and oxygen atoms in total. The number of para-hydroxylation sites is 1. The van der Waals surface area contributed by atoms with Crippen molar-refractivity contribution in [2.75, 3.05) is 7.11 Å². The van der Waals surface area contributed by atoms with Crippen molar-refractivity contribution in [3.8, 4) is 11.4 Å². The normalized spacial score (nSPS) is 10.6. The van der Waals surface area contributed by atoms with Gasteiger partial charge in [0.1, 0.15) is 17.9 Å². The van der Waals surface area contributed by atoms with Crippen LogP contribution in [0.1, 0.15) is 5.56 Å². The molecule has 3 aromatic rings. The molecule has 0 aliphatic rings. The Labute approximate surface area is 132 Å². The number of methoxy groups -OCH3 is 1. The van der Waals surface area contributed by atoms with E-state index in [4.69, 9.17) is 4.74 Å². The summed E-state index contributed by atoms with van der Waals surface area (Å²) >= 11 is 1.51. The molecule has 0 atom stereocenters. The second-order valence-corrected chi connectivity index (χ2v) is 5.51. The summed E-state index contributed by atoms with van der Waals surface area (Å²) < 4.78 is 20.7. The third kappa shape index (κ3) is 3.12. The fraction of sp³-hybridized carbons (Fsp3) is 0.125. The molecule has 0 saturated carbocycles. The Morgan fingerprint density at radius 1 is 1.14 bits per heavy atom. The minimum absolute atomic E-state index is 0.298. The van der Waals surface area contributed by atoms with Gasteiger partial charge in [-0.25, -0.2) is 4.39 Å². The summed E-state index contributed by atoms with van der Waals surface area (Å²) in [6, 6.07) is 14.4. The Hall–Kier alpha value is -2.34. The Kier molecular flexibility index (Phi) is 4.39. The molecular formula is C16H14FN3OS. The van der Waals surface area contributed by atoms with Crippen LogP contribution < -0.4 is 4.74 Å². The Balaban J connectivity index is 1.76. The zero-order chi connectivity index (χ0) is 15.4. The van der Waals surface area contributed by atoms with Crippen molar-refractivity contribution in [2.45, 2.75) is 10.9 Å². The first-order valence-corrected chi connectivity index (χ1v) is 7.67. The van der Waals surface area contributed by atoms with Crippen LogP contribution in [0.25, 0.3) is 5.69 Å². The standard InChI is InChI=1S/C16H14FN3OS/c1-21-13-8-6-12(7-9-13)10-22-16-19-18-11-20(16)15-5-3-2-4-14(15)17/h2-9,11H,10H2,1H3. The van der Waals surface area contributed by atoms with Gasteiger partial charge in [0.25, 0.3) is 0 Å². The molecule has 1 heterocycles. The minimum atomic E-state index is -0.298. The number of nitrogens with zero attached hydrogens (tertiary/aromatic N) is 3. The molecule has 112 valence electrons. The molecule has 22 heavy (non-hydrogen) atoms. The molecular weight excluding hydrogens is 301 g/mol. The number of hydrogen-bond acceptors (Lipinski definition) is 4. The van der Waals surface area contributed by atoms with E-state index in [2.05, 4.69) is 10.2 Å². The van der Waals surface area contributed by atoms with Crippen molar-refractivity contribution >= 4 is 11.8 Å². The van der Waals surface area contributed by atoms with E-state index >= 15 is 0 Å². The molecule has 0 bridgehead atoms. The SMILES string of the molecule is COc1ccc(CSc2nncn2-c2ccccc2F)cc1. The average Bonchev–Trinajstić information content (AvgIpc) is 3.02. The van der Waals surface area contributed by atoms with Gasteiger partial charge in [0.2, 0.25) is 0 Å². The highest BCUT2D eigenvalue weighted by Gasteiger charge is 2.10. The summed E-state index contributed by atoms with van der Waals surface area (Å²) in [5, 5.41) is 8.61. The number of aromatic nitrogens is 3. The summed E-state index contributed by atoms with van der Waals surface area (Å²) in [5.41, 5.74) is 1.58. The van der Waals surface area contributed by atoms with Crippen LogP contribution in [0.3, 0.4) is 0 Å². The summed E-state index contributed by atoms with van der Waals surface area (Å²) in [4.78, 5) is 0. The largest absolute Gasteiger partial charge is 0.497 e. The molecule has 0 saturated heterocycles. The predicted octanol–water partition coefficient (Wildman–Crippen LogP) is 3.71. The van der Waals surface area contributed by atoms with Gasteiger partial charge < -0.3 is 4.74 Å². The number of ether oxygens (including phenoxy) is 1. The van der Waals surface area contributed by atoms with E-state index in [9.17, 15) is 4.39 Å². The van der Waals surface area contributed by atoms with Crippen LogP contribution >= 0.6 is 11.8 Å². The molecule has 0 fully saturated rings. The fourth-order valence-electron chi connectivity index (χ4n) is 2.00. The second kappa shape index (κ2) is 6.62. The fourth-order valence-corrected chi connectivity index (χ4v) is 2.88. The summed E-state index contributed by atoms with van der Waals surface area (Å²) in [6.45, 7) is 0. The van der Waals surface area contributed by atoms with Crippen molar-refractivity contribution < 1.29 is 9.13 Å². The molecule has 0 amide bonds. The maximum absolute atomic E-state index is 13.9. The highest BCUT2D eigenvalue weighted by atomic mass is 32.2. The van der Waals surface area contributed by atoms with Crippen molar-refractivity contribution in [3.63, 3.8) is 0 Å². The zero-order valence-electron chi connectivity index (χ0n) is 11.9. The third-order valence-corrected chi connectivity index (χ3v) is 4.17. The molecule has 1 aromatic heterocycles. The minimum Gasteiger partial charge on any atom is -0.497 e. The first kappa shape index (κ1) is 14.6. The van der Waals surface area contributed by atoms with Gasteiger partial charge in [-0.1, -0.05) is 36.0 Å². The smallest absolute Gasteiger partial charge is 0.196 e. The van der Waals surface area contributed by atoms with Crippen molar-refractivity contribution in [1.29, 1.82) is 0 Å². The van der Waals surface area contributed by atoms with E-state index < -0.39 is 0 Å². The van der Waals surface area contributed by atoms with E-state index in [-0.39, 0.29) is 5.82 Å². The number of halogens is 1. The average molecular weight is 315 g/mol. The van der Waals surface area contributed by atoms with E-state index in [1.165, 1.54) is 24.2 Å². The van der Waals surface area contributed by atoms with Crippen LogP contribution in [0.2, 0.25) is 0 Å². The van der Waals surface area contributed by atoms with Gasteiger partial charge in [0.15, 0.2) is 5.16 Å². The number of thioether (sulfide) groups is 1. The number of benzene rings is 2. The molecule has 2 aromatic carbocycles. The molecule has 6 heteroatoms. The summed E-state index contributed by atoms with van der Waals surface area (Å²) in [5.74, 6) is 1.24. The Morgan fingerprint density at radius 3 is 2.64 bits per heavy atom. The van der Waals surface area contributed by atoms with Gasteiger partial charge in [0, 0.05) is 5.75 Å². The number of hydrogen-bond donors (Lipinski definition) is 0. The van der Waals surface area contributed by atoms with Gasteiger partial charge in [-0.3, -0.25) is 4.57 Å². The topological polar surface area (TPSA) is 39.9 Å². The highest BCUT2D eigenvalue weighted by Crippen LogP contribution is 2.25. The van der Waals surface area contributed by atoms with Gasteiger partial charge in [-0.15, -0.1) is 10.2 Å². The van der Waals surface area contributed by atoms with E-state index in [0.717, 1.165) is 17.1 Å². The molecule has 0 radical (unpaired) electrons. The van der Waals surface area contributed by atoms with Crippen molar-refractivity contribution in [2.24, 2.45) is 0 Å². The van der Waals surface area contributed by atoms with Gasteiger partial charge in [0.05, 0.1) is 12.8 Å². The van der Waals surface area contributed by atoms with Gasteiger partial charge in [-0.2, -0.15) is 0 Å². The first-order chi connectivity index (χ1) is 10.8. The quantitative estimate of drug-likeness (QED) is 0.673. The summed E-state index contributed by atoms with van der Waals surface area (Å²) in [7, 11) is 1.64. The highest BCUT2D eigenvalue weighted by molar-refractivity contribution is 7.98. The Bertz CT molecular complexity index is 758. The lowest BCUT2D eigenvalue weighted by Gasteiger charge is -2.07. The van der Waals surface area contributed by atoms with E-state index in [1.807, 2.05) is 24.3 Å². The maximum atomic E-state index is 13.9. The van der Waals surface area contributed by atoms with Crippen LogP contribution in [0, 0.1) is 5.82 Å². The Morgan fingerprint density at radius 2 is 1.91 bits per heavy atom. The summed E-state index contributed by atoms with van der Waals surface area (Å²) in [6.07, 6.45) is 1.52. The first-order valence-electron chi connectivity index (χ1n) is 6.68. The zero-order valence-corrected chi connectivity index (χ0v) is 12.8. The van der Waals surface area contributed by atoms with Crippen LogP contribution in [-0.4, -0.2) is 21.9 Å². The van der Waals surface area contributed by atoms with Crippen molar-refractivity contribution in [1.82, 2.24) is 14.8 Å². The molecule has 0 N–H and O–H groups in total. The van der Waals surface area contributed by atoms with Gasteiger partial charge in [-0.05, 0) is 29.8 Å². The second-order valence-electron chi connectivity index (χ2n) is 4.57. The van der Waals surface area contributed by atoms with E-state index in [1.54, 1.807) is 29.9 Å². The lowest BCUT2D eigenvalue weighted by atomic mass is 10.2. The monoisotopic (exact) mass is 315 g/mol. The van der Waals surface area contributed by atoms with Crippen molar-refractivity contribution in [3.05, 3.63) is 66.2 Å². The predicted molar refractivity (Wildman–Crippen MR) is 83.9 cm³/mol. The molecule has 0 spiro atoms. The van der Waals surface area contributed by atoms with Gasteiger partial charge >= 0.3 is 0 Å². The number of rotatable bonds is 5. The third-order valence-electron chi connectivity index (χ3n) is 3.16. The van der Waals surface area contributed by atoms with Crippen LogP contribution in [0.4, 0.5) is 4.39 Å². The molecule has 3 rings (SSSR count). The molecule has 0 unspecified atom stereocenters. The maximum Gasteiger partial charge on any atom is 0.196 e. The molecule has 0 aliphatic carbocycles. The lowest BCUT2D eigenvalue weighted by Crippen LogP contribution is -1.98. The van der Waals surface area contributed by atoms with E-state index in [0.29, 0.717) is 10.8 Å². The molecule has 0 aliphatic heterocycles. The van der Waals surface area contributed by atoms with Crippen LogP contribution in [-0.2, 0) is 5.75 Å².